The zero-order valence-corrected chi connectivity index (χ0v) is 22.9. The summed E-state index contributed by atoms with van der Waals surface area (Å²) in [5.74, 6) is -0.779. The molecule has 6 rings (SSSR count). The topological polar surface area (TPSA) is 104 Å². The van der Waals surface area contributed by atoms with E-state index in [-0.39, 0.29) is 36.7 Å². The number of imidazole rings is 1. The normalized spacial score (nSPS) is 13.5. The Balaban J connectivity index is 1.51. The standard InChI is InChI=1S/C30H26F3N5O4/c1-30(2,40)28-34-11-18(12-35-28)16-4-5-23-24(8-16)38-13-20-21(14-41-15-25(38)36-23)19(10-22(31)27(20)42-29(32)33)17-6-7-37(3)26(39)9-17/h4-12,29,40H,13-15H2,1-3H3. The molecule has 0 amide bonds. The maximum absolute atomic E-state index is 15.5. The molecule has 1 aliphatic rings. The molecule has 1 N–H and O–H groups in total. The first-order valence-electron chi connectivity index (χ1n) is 13.1. The zero-order chi connectivity index (χ0) is 29.8. The minimum Gasteiger partial charge on any atom is -0.431 e. The molecule has 0 fully saturated rings. The Hall–Kier alpha value is -4.55. The molecule has 0 unspecified atom stereocenters. The number of aliphatic hydroxyl groups is 1. The molecule has 1 aliphatic heterocycles. The summed E-state index contributed by atoms with van der Waals surface area (Å²) in [4.78, 5) is 25.6. The number of pyridine rings is 1. The van der Waals surface area contributed by atoms with Crippen molar-refractivity contribution in [3.05, 3.63) is 93.9 Å². The fourth-order valence-corrected chi connectivity index (χ4v) is 5.08. The number of hydrogen-bond donors (Lipinski definition) is 1. The predicted octanol–water partition coefficient (Wildman–Crippen LogP) is 4.91. The average molecular weight is 578 g/mol. The number of benzene rings is 2. The summed E-state index contributed by atoms with van der Waals surface area (Å²) < 4.78 is 56.3. The average Bonchev–Trinajstić information content (AvgIpc) is 3.26. The van der Waals surface area contributed by atoms with E-state index in [1.165, 1.54) is 10.6 Å². The van der Waals surface area contributed by atoms with Crippen molar-refractivity contribution in [3.8, 4) is 28.0 Å². The first-order chi connectivity index (χ1) is 20.0. The van der Waals surface area contributed by atoms with Crippen LogP contribution in [0.4, 0.5) is 13.2 Å². The van der Waals surface area contributed by atoms with Crippen molar-refractivity contribution in [1.82, 2.24) is 24.1 Å². The molecule has 0 saturated heterocycles. The van der Waals surface area contributed by atoms with Crippen molar-refractivity contribution < 1.29 is 27.8 Å². The van der Waals surface area contributed by atoms with Crippen LogP contribution in [0.2, 0.25) is 0 Å². The summed E-state index contributed by atoms with van der Waals surface area (Å²) in [6, 6.07) is 9.61. The Morgan fingerprint density at radius 3 is 2.48 bits per heavy atom. The highest BCUT2D eigenvalue weighted by molar-refractivity contribution is 5.83. The summed E-state index contributed by atoms with van der Waals surface area (Å²) in [7, 11) is 1.59. The minimum atomic E-state index is -3.26. The van der Waals surface area contributed by atoms with E-state index in [1.807, 2.05) is 12.1 Å². The Morgan fingerprint density at radius 2 is 1.79 bits per heavy atom. The second-order valence-electron chi connectivity index (χ2n) is 10.6. The summed E-state index contributed by atoms with van der Waals surface area (Å²) in [5.41, 5.74) is 2.56. The lowest BCUT2D eigenvalue weighted by molar-refractivity contribution is -0.0531. The van der Waals surface area contributed by atoms with Crippen molar-refractivity contribution >= 4 is 11.0 Å². The lowest BCUT2D eigenvalue weighted by Crippen LogP contribution is -2.19. The van der Waals surface area contributed by atoms with Crippen LogP contribution >= 0.6 is 0 Å². The van der Waals surface area contributed by atoms with Crippen LogP contribution < -0.4 is 10.3 Å². The summed E-state index contributed by atoms with van der Waals surface area (Å²) in [5, 5.41) is 10.2. The highest BCUT2D eigenvalue weighted by Gasteiger charge is 2.27. The molecule has 216 valence electrons. The highest BCUT2D eigenvalue weighted by atomic mass is 19.3. The van der Waals surface area contributed by atoms with Gasteiger partial charge in [0, 0.05) is 42.8 Å². The first kappa shape index (κ1) is 27.6. The van der Waals surface area contributed by atoms with Crippen LogP contribution in [0.5, 0.6) is 5.75 Å². The van der Waals surface area contributed by atoms with E-state index in [4.69, 9.17) is 9.47 Å². The first-order valence-corrected chi connectivity index (χ1v) is 13.1. The van der Waals surface area contributed by atoms with Gasteiger partial charge in [-0.05, 0) is 60.4 Å². The summed E-state index contributed by atoms with van der Waals surface area (Å²) in [6.07, 6.45) is 4.76. The second-order valence-corrected chi connectivity index (χ2v) is 10.6. The molecule has 4 heterocycles. The fraction of sp³-hybridized carbons (Fsp3) is 0.267. The van der Waals surface area contributed by atoms with Gasteiger partial charge in [0.1, 0.15) is 18.0 Å². The molecule has 42 heavy (non-hydrogen) atoms. The van der Waals surface area contributed by atoms with Gasteiger partial charge in [-0.3, -0.25) is 4.79 Å². The van der Waals surface area contributed by atoms with Crippen LogP contribution in [0.15, 0.2) is 59.8 Å². The van der Waals surface area contributed by atoms with Crippen molar-refractivity contribution in [2.45, 2.75) is 45.8 Å². The van der Waals surface area contributed by atoms with Gasteiger partial charge >= 0.3 is 6.61 Å². The highest BCUT2D eigenvalue weighted by Crippen LogP contribution is 2.39. The molecule has 0 saturated carbocycles. The third-order valence-corrected chi connectivity index (χ3v) is 7.23. The summed E-state index contributed by atoms with van der Waals surface area (Å²) in [6.45, 7) is -0.0578. The smallest absolute Gasteiger partial charge is 0.387 e. The number of rotatable bonds is 5. The SMILES string of the molecule is Cn1ccc(-c2cc(F)c(OC(F)F)c3c2COCc2nc4ccc(-c5cnc(C(C)(C)O)nc5)cc4n2C3)cc1=O. The maximum atomic E-state index is 15.5. The molecule has 0 bridgehead atoms. The zero-order valence-electron chi connectivity index (χ0n) is 22.9. The fourth-order valence-electron chi connectivity index (χ4n) is 5.08. The molecule has 2 aromatic carbocycles. The molecule has 0 spiro atoms. The number of aromatic nitrogens is 5. The molecule has 0 atom stereocenters. The molecule has 5 aromatic rings. The number of nitrogens with zero attached hydrogens (tertiary/aromatic N) is 5. The van der Waals surface area contributed by atoms with Crippen LogP contribution in [0.1, 0.15) is 36.6 Å². The Morgan fingerprint density at radius 1 is 1.02 bits per heavy atom. The second kappa shape index (κ2) is 10.4. The van der Waals surface area contributed by atoms with Gasteiger partial charge < -0.3 is 23.7 Å². The van der Waals surface area contributed by atoms with E-state index in [9.17, 15) is 18.7 Å². The van der Waals surface area contributed by atoms with Crippen LogP contribution in [0, 0.1) is 5.82 Å². The molecular weight excluding hydrogens is 551 g/mol. The largest absolute Gasteiger partial charge is 0.431 e. The number of ether oxygens (including phenoxy) is 2. The van der Waals surface area contributed by atoms with E-state index in [1.54, 1.807) is 56.2 Å². The van der Waals surface area contributed by atoms with Gasteiger partial charge in [-0.15, -0.1) is 0 Å². The number of hydrogen-bond acceptors (Lipinski definition) is 7. The molecular formula is C30H26F3N5O4. The third-order valence-electron chi connectivity index (χ3n) is 7.23. The van der Waals surface area contributed by atoms with E-state index in [0.29, 0.717) is 39.1 Å². The van der Waals surface area contributed by atoms with Gasteiger partial charge in [-0.1, -0.05) is 6.07 Å². The molecule has 12 heteroatoms. The molecule has 9 nitrogen and oxygen atoms in total. The van der Waals surface area contributed by atoms with Crippen LogP contribution in [0.25, 0.3) is 33.3 Å². The quantitative estimate of drug-likeness (QED) is 0.317. The van der Waals surface area contributed by atoms with E-state index in [0.717, 1.165) is 11.6 Å². The van der Waals surface area contributed by atoms with Crippen molar-refractivity contribution in [1.29, 1.82) is 0 Å². The third kappa shape index (κ3) is 5.03. The van der Waals surface area contributed by atoms with Gasteiger partial charge in [0.25, 0.3) is 5.56 Å². The van der Waals surface area contributed by atoms with E-state index >= 15 is 4.39 Å². The Kier molecular flexibility index (Phi) is 6.82. The van der Waals surface area contributed by atoms with Gasteiger partial charge in [0.2, 0.25) is 0 Å². The van der Waals surface area contributed by atoms with Gasteiger partial charge in [-0.2, -0.15) is 8.78 Å². The monoisotopic (exact) mass is 577 g/mol. The van der Waals surface area contributed by atoms with Gasteiger partial charge in [0.05, 0.1) is 24.2 Å². The Labute approximate surface area is 237 Å². The molecule has 0 radical (unpaired) electrons. The lowest BCUT2D eigenvalue weighted by atomic mass is 9.94. The number of alkyl halides is 2. The van der Waals surface area contributed by atoms with Crippen LogP contribution in [0.3, 0.4) is 0 Å². The van der Waals surface area contributed by atoms with Gasteiger partial charge in [0.15, 0.2) is 17.4 Å². The number of halogens is 3. The summed E-state index contributed by atoms with van der Waals surface area (Å²) >= 11 is 0. The van der Waals surface area contributed by atoms with E-state index in [2.05, 4.69) is 15.0 Å². The predicted molar refractivity (Wildman–Crippen MR) is 147 cm³/mol. The van der Waals surface area contributed by atoms with Crippen LogP contribution in [-0.2, 0) is 37.1 Å². The van der Waals surface area contributed by atoms with Crippen molar-refractivity contribution in [2.24, 2.45) is 7.05 Å². The van der Waals surface area contributed by atoms with Crippen LogP contribution in [-0.4, -0.2) is 35.8 Å². The number of aryl methyl sites for hydroxylation is 1. The van der Waals surface area contributed by atoms with E-state index < -0.39 is 23.8 Å². The van der Waals surface area contributed by atoms with Gasteiger partial charge in [-0.25, -0.2) is 19.3 Å². The van der Waals surface area contributed by atoms with Crippen molar-refractivity contribution in [2.75, 3.05) is 0 Å². The minimum absolute atomic E-state index is 0.0419. The van der Waals surface area contributed by atoms with Crippen molar-refractivity contribution in [3.63, 3.8) is 0 Å². The maximum Gasteiger partial charge on any atom is 0.387 e. The molecule has 0 aliphatic carbocycles. The Bertz CT molecular complexity index is 1880. The number of fused-ring (bicyclic) bond motifs is 4. The molecule has 3 aromatic heterocycles. The lowest BCUT2D eigenvalue weighted by Gasteiger charge is -2.23.